The molecule has 7 atom stereocenters. The van der Waals surface area contributed by atoms with Crippen molar-refractivity contribution in [1.82, 2.24) is 9.80 Å². The number of alkyl halides is 1. The molecule has 0 radical (unpaired) electrons. The number of aliphatic carboxylic acids is 1. The average molecular weight is 487 g/mol. The summed E-state index contributed by atoms with van der Waals surface area (Å²) in [5.41, 5.74) is -1.20. The van der Waals surface area contributed by atoms with Gasteiger partial charge >= 0.3 is 5.97 Å². The van der Waals surface area contributed by atoms with Gasteiger partial charge in [-0.25, -0.2) is 0 Å². The highest BCUT2D eigenvalue weighted by molar-refractivity contribution is 9.09. The van der Waals surface area contributed by atoms with E-state index in [0.29, 0.717) is 25.9 Å². The molecule has 30 heavy (non-hydrogen) atoms. The molecule has 3 heterocycles. The number of nitrogens with zero attached hydrogens (tertiary/aromatic N) is 2. The fourth-order valence-corrected chi connectivity index (χ4v) is 6.35. The van der Waals surface area contributed by atoms with E-state index in [1.165, 1.54) is 4.90 Å². The van der Waals surface area contributed by atoms with E-state index in [2.05, 4.69) is 22.5 Å². The third-order valence-corrected chi connectivity index (χ3v) is 7.61. The smallest absolute Gasteiger partial charge is 0.310 e. The second-order valence-electron chi connectivity index (χ2n) is 8.42. The number of hydrogen-bond donors (Lipinski definition) is 2. The Morgan fingerprint density at radius 3 is 2.70 bits per heavy atom. The summed E-state index contributed by atoms with van der Waals surface area (Å²) < 4.78 is 6.23. The van der Waals surface area contributed by atoms with Gasteiger partial charge in [-0.15, -0.1) is 6.58 Å². The molecule has 2 N–H and O–H groups in total. The minimum Gasteiger partial charge on any atom is -0.481 e. The van der Waals surface area contributed by atoms with Crippen molar-refractivity contribution < 1.29 is 29.3 Å². The quantitative estimate of drug-likeness (QED) is 0.357. The monoisotopic (exact) mass is 486 g/mol. The van der Waals surface area contributed by atoms with Crippen LogP contribution in [0.15, 0.2) is 12.7 Å². The first-order valence-electron chi connectivity index (χ1n) is 10.7. The Morgan fingerprint density at radius 2 is 2.17 bits per heavy atom. The van der Waals surface area contributed by atoms with E-state index in [4.69, 9.17) is 4.74 Å². The molecule has 2 amide bonds. The van der Waals surface area contributed by atoms with E-state index >= 15 is 0 Å². The van der Waals surface area contributed by atoms with Gasteiger partial charge in [0.25, 0.3) is 0 Å². The SMILES string of the molecule is C=CCN(CCCC)C(=O)[C@H]1N([C@@H](CC)CO)C(=O)[C@@H]2[C@@H](C(=O)O)[C@@H]3O[C@@]21CC3Br. The topological polar surface area (TPSA) is 107 Å². The van der Waals surface area contributed by atoms with Gasteiger partial charge < -0.3 is 24.7 Å². The van der Waals surface area contributed by atoms with Crippen LogP contribution in [-0.4, -0.2) is 86.1 Å². The van der Waals surface area contributed by atoms with Crippen LogP contribution in [-0.2, 0) is 19.1 Å². The first-order chi connectivity index (χ1) is 14.3. The number of carboxylic acid groups (broad SMARTS) is 1. The van der Waals surface area contributed by atoms with Crippen LogP contribution in [0.5, 0.6) is 0 Å². The van der Waals surface area contributed by atoms with Gasteiger partial charge in [-0.05, 0) is 19.3 Å². The van der Waals surface area contributed by atoms with Gasteiger partial charge in [0.2, 0.25) is 11.8 Å². The maximum absolute atomic E-state index is 13.8. The van der Waals surface area contributed by atoms with Crippen LogP contribution in [0.25, 0.3) is 0 Å². The number of likely N-dealkylation sites (tertiary alicyclic amines) is 1. The van der Waals surface area contributed by atoms with Crippen LogP contribution < -0.4 is 0 Å². The fraction of sp³-hybridized carbons (Fsp3) is 0.762. The summed E-state index contributed by atoms with van der Waals surface area (Å²) >= 11 is 3.52. The van der Waals surface area contributed by atoms with Crippen LogP contribution in [0.3, 0.4) is 0 Å². The Labute approximate surface area is 185 Å². The predicted molar refractivity (Wildman–Crippen MR) is 113 cm³/mol. The number of fused-ring (bicyclic) bond motifs is 1. The molecule has 0 saturated carbocycles. The molecular weight excluding hydrogens is 456 g/mol. The Hall–Kier alpha value is -1.45. The minimum absolute atomic E-state index is 0.254. The zero-order chi connectivity index (χ0) is 22.2. The normalized spacial score (nSPS) is 35.4. The fourth-order valence-electron chi connectivity index (χ4n) is 5.41. The number of carbonyl (C=O) groups excluding carboxylic acids is 2. The van der Waals surface area contributed by atoms with Crippen LogP contribution in [0, 0.1) is 11.8 Å². The van der Waals surface area contributed by atoms with Gasteiger partial charge in [0.15, 0.2) is 0 Å². The summed E-state index contributed by atoms with van der Waals surface area (Å²) in [5.74, 6) is -3.71. The van der Waals surface area contributed by atoms with E-state index in [0.717, 1.165) is 12.8 Å². The minimum atomic E-state index is -1.20. The first kappa shape index (κ1) is 23.2. The van der Waals surface area contributed by atoms with Crippen molar-refractivity contribution in [2.45, 2.75) is 68.1 Å². The third kappa shape index (κ3) is 3.39. The van der Waals surface area contributed by atoms with E-state index in [9.17, 15) is 24.6 Å². The number of ether oxygens (including phenoxy) is 1. The summed E-state index contributed by atoms with van der Waals surface area (Å²) in [6.45, 7) is 8.16. The summed E-state index contributed by atoms with van der Waals surface area (Å²) in [6, 6.07) is -1.53. The molecule has 0 aliphatic carbocycles. The second kappa shape index (κ2) is 8.96. The van der Waals surface area contributed by atoms with Crippen LogP contribution in [0.2, 0.25) is 0 Å². The molecule has 3 fully saturated rings. The van der Waals surface area contributed by atoms with Crippen molar-refractivity contribution in [2.24, 2.45) is 11.8 Å². The summed E-state index contributed by atoms with van der Waals surface area (Å²) in [7, 11) is 0. The van der Waals surface area contributed by atoms with Gasteiger partial charge in [0.1, 0.15) is 11.6 Å². The van der Waals surface area contributed by atoms with Crippen molar-refractivity contribution in [1.29, 1.82) is 0 Å². The molecule has 3 aliphatic rings. The van der Waals surface area contributed by atoms with Crippen molar-refractivity contribution >= 4 is 33.7 Å². The highest BCUT2D eigenvalue weighted by Gasteiger charge is 2.77. The van der Waals surface area contributed by atoms with Gasteiger partial charge in [0.05, 0.1) is 30.6 Å². The van der Waals surface area contributed by atoms with Crippen molar-refractivity contribution in [2.75, 3.05) is 19.7 Å². The molecule has 168 valence electrons. The molecule has 9 heteroatoms. The average Bonchev–Trinajstić information content (AvgIpc) is 3.30. The molecule has 0 aromatic rings. The van der Waals surface area contributed by atoms with Crippen molar-refractivity contribution in [3.8, 4) is 0 Å². The molecule has 8 nitrogen and oxygen atoms in total. The Bertz CT molecular complexity index is 714. The van der Waals surface area contributed by atoms with Gasteiger partial charge in [-0.1, -0.05) is 42.3 Å². The lowest BCUT2D eigenvalue weighted by Gasteiger charge is -2.39. The molecule has 1 unspecified atom stereocenters. The maximum atomic E-state index is 13.8. The highest BCUT2D eigenvalue weighted by Crippen LogP contribution is 2.60. The summed E-state index contributed by atoms with van der Waals surface area (Å²) in [5, 5.41) is 19.8. The largest absolute Gasteiger partial charge is 0.481 e. The van der Waals surface area contributed by atoms with Crippen molar-refractivity contribution in [3.05, 3.63) is 12.7 Å². The van der Waals surface area contributed by atoms with Gasteiger partial charge in [-0.2, -0.15) is 0 Å². The Morgan fingerprint density at radius 1 is 1.47 bits per heavy atom. The lowest BCUT2D eigenvalue weighted by atomic mass is 9.70. The van der Waals surface area contributed by atoms with Crippen LogP contribution in [0.1, 0.15) is 39.5 Å². The predicted octanol–water partition coefficient (Wildman–Crippen LogP) is 1.40. The van der Waals surface area contributed by atoms with Gasteiger partial charge in [0, 0.05) is 17.9 Å². The first-order valence-corrected chi connectivity index (χ1v) is 11.6. The number of halogens is 1. The Balaban J connectivity index is 2.09. The van der Waals surface area contributed by atoms with Gasteiger partial charge in [-0.3, -0.25) is 14.4 Å². The van der Waals surface area contributed by atoms with Crippen LogP contribution >= 0.6 is 15.9 Å². The highest BCUT2D eigenvalue weighted by atomic mass is 79.9. The summed E-state index contributed by atoms with van der Waals surface area (Å²) in [4.78, 5) is 42.2. The molecule has 0 aromatic heterocycles. The molecule has 3 saturated heterocycles. The number of unbranched alkanes of at least 4 members (excludes halogenated alkanes) is 1. The lowest BCUT2D eigenvalue weighted by molar-refractivity contribution is -0.153. The summed E-state index contributed by atoms with van der Waals surface area (Å²) in [6.07, 6.45) is 3.52. The van der Waals surface area contributed by atoms with Crippen molar-refractivity contribution in [3.63, 3.8) is 0 Å². The zero-order valence-corrected chi connectivity index (χ0v) is 19.1. The third-order valence-electron chi connectivity index (χ3n) is 6.76. The number of aliphatic hydroxyl groups excluding tert-OH is 1. The number of amides is 2. The Kier molecular flexibility index (Phi) is 6.94. The second-order valence-corrected chi connectivity index (χ2v) is 9.59. The molecule has 3 aliphatic heterocycles. The molecular formula is C21H31BrN2O6. The number of hydrogen-bond acceptors (Lipinski definition) is 5. The molecule has 1 spiro atoms. The number of rotatable bonds is 10. The van der Waals surface area contributed by atoms with E-state index in [1.807, 2.05) is 13.8 Å². The number of carboxylic acids is 1. The van der Waals surface area contributed by atoms with Crippen LogP contribution in [0.4, 0.5) is 0 Å². The standard InChI is InChI=1S/C21H31BrN2O6/c1-4-7-9-23(8-5-2)19(27)17-21-10-13(22)16(30-21)14(20(28)29)15(21)18(26)24(17)12(6-3)11-25/h5,12-17,25H,2,4,6-11H2,1,3H3,(H,28,29)/t12-,13?,14+,15-,16+,17+,21-/m0/s1. The number of carbonyl (C=O) groups is 3. The zero-order valence-electron chi connectivity index (χ0n) is 17.5. The maximum Gasteiger partial charge on any atom is 0.310 e. The molecule has 0 aromatic carbocycles. The molecule has 2 bridgehead atoms. The lowest BCUT2D eigenvalue weighted by Crippen LogP contribution is -2.59. The van der Waals surface area contributed by atoms with E-state index in [-0.39, 0.29) is 17.3 Å². The van der Waals surface area contributed by atoms with E-state index < -0.39 is 47.5 Å². The molecule has 3 rings (SSSR count). The number of aliphatic hydroxyl groups is 1. The van der Waals surface area contributed by atoms with E-state index in [1.54, 1.807) is 11.0 Å².